The summed E-state index contributed by atoms with van der Waals surface area (Å²) in [5.41, 5.74) is -0.762. The molecule has 1 N–H and O–H groups in total. The van der Waals surface area contributed by atoms with Crippen LogP contribution in [-0.4, -0.2) is 34.5 Å². The topological polar surface area (TPSA) is 59.1 Å². The SMILES string of the molecule is C[C@@]12C[C@H](O)[C@@]34O[C@@H]3CCC[C@@H](C(=O)O1)C2C41CC1. The average Bonchev–Trinajstić information content (AvgIpc) is 3.17. The van der Waals surface area contributed by atoms with Crippen molar-refractivity contribution in [3.63, 3.8) is 0 Å². The van der Waals surface area contributed by atoms with Crippen molar-refractivity contribution in [3.8, 4) is 0 Å². The van der Waals surface area contributed by atoms with Crippen molar-refractivity contribution in [3.05, 3.63) is 0 Å². The molecule has 1 unspecified atom stereocenters. The molecule has 5 fully saturated rings. The highest BCUT2D eigenvalue weighted by Crippen LogP contribution is 2.78. The molecule has 6 atom stereocenters. The highest BCUT2D eigenvalue weighted by molar-refractivity contribution is 5.77. The summed E-state index contributed by atoms with van der Waals surface area (Å²) in [6.07, 6.45) is 5.44. The lowest BCUT2D eigenvalue weighted by Crippen LogP contribution is -2.59. The van der Waals surface area contributed by atoms with Gasteiger partial charge < -0.3 is 14.6 Å². The molecule has 0 aromatic carbocycles. The van der Waals surface area contributed by atoms with E-state index in [0.29, 0.717) is 6.42 Å². The van der Waals surface area contributed by atoms with Gasteiger partial charge in [-0.3, -0.25) is 4.79 Å². The third-order valence-corrected chi connectivity index (χ3v) is 6.69. The van der Waals surface area contributed by atoms with Crippen LogP contribution in [0.15, 0.2) is 0 Å². The van der Waals surface area contributed by atoms with E-state index in [9.17, 15) is 9.90 Å². The molecule has 5 aliphatic rings. The maximum absolute atomic E-state index is 12.3. The number of carbonyl (C=O) groups is 1. The minimum Gasteiger partial charge on any atom is -0.459 e. The first-order valence-electron chi connectivity index (χ1n) is 7.62. The second-order valence-corrected chi connectivity index (χ2v) is 7.52. The first-order valence-corrected chi connectivity index (χ1v) is 7.62. The van der Waals surface area contributed by atoms with Crippen molar-refractivity contribution in [1.29, 1.82) is 0 Å². The second-order valence-electron chi connectivity index (χ2n) is 7.52. The summed E-state index contributed by atoms with van der Waals surface area (Å²) in [4.78, 5) is 12.3. The second kappa shape index (κ2) is 2.86. The van der Waals surface area contributed by atoms with Gasteiger partial charge in [-0.05, 0) is 39.0 Å². The van der Waals surface area contributed by atoms with Crippen molar-refractivity contribution >= 4 is 5.97 Å². The van der Waals surface area contributed by atoms with Gasteiger partial charge in [-0.1, -0.05) is 0 Å². The van der Waals surface area contributed by atoms with Crippen LogP contribution >= 0.6 is 0 Å². The predicted octanol–water partition coefficient (Wildman–Crippen LogP) is 1.40. The van der Waals surface area contributed by atoms with Gasteiger partial charge in [0.25, 0.3) is 0 Å². The Hall–Kier alpha value is -0.610. The molecule has 2 aliphatic heterocycles. The van der Waals surface area contributed by atoms with Crippen LogP contribution in [0.25, 0.3) is 0 Å². The van der Waals surface area contributed by atoms with Crippen LogP contribution in [0, 0.1) is 17.3 Å². The zero-order valence-electron chi connectivity index (χ0n) is 11.2. The van der Waals surface area contributed by atoms with Gasteiger partial charge in [0, 0.05) is 17.8 Å². The Bertz CT molecular complexity index is 485. The minimum atomic E-state index is -0.467. The lowest BCUT2D eigenvalue weighted by atomic mass is 9.55. The fraction of sp³-hybridized carbons (Fsp3) is 0.933. The van der Waals surface area contributed by atoms with Gasteiger partial charge in [0.05, 0.1) is 18.1 Å². The number of aliphatic hydroxyl groups excluding tert-OH is 1. The number of epoxide rings is 1. The summed E-state index contributed by atoms with van der Waals surface area (Å²) < 4.78 is 11.8. The summed E-state index contributed by atoms with van der Waals surface area (Å²) in [6, 6.07) is 0. The molecular weight excluding hydrogens is 244 g/mol. The lowest BCUT2D eigenvalue weighted by molar-refractivity contribution is -0.162. The molecule has 0 aromatic heterocycles. The summed E-state index contributed by atoms with van der Waals surface area (Å²) >= 11 is 0. The molecule has 2 spiro atoms. The number of hydrogen-bond donors (Lipinski definition) is 1. The maximum Gasteiger partial charge on any atom is 0.309 e. The number of hydrogen-bond acceptors (Lipinski definition) is 4. The molecular formula is C15H20O4. The fourth-order valence-electron chi connectivity index (χ4n) is 6.03. The quantitative estimate of drug-likeness (QED) is 0.531. The monoisotopic (exact) mass is 264 g/mol. The van der Waals surface area contributed by atoms with Gasteiger partial charge in [0.1, 0.15) is 11.2 Å². The predicted molar refractivity (Wildman–Crippen MR) is 65.2 cm³/mol. The number of carbonyl (C=O) groups excluding carboxylic acids is 1. The van der Waals surface area contributed by atoms with Crippen LogP contribution in [0.3, 0.4) is 0 Å². The Morgan fingerprint density at radius 3 is 2.84 bits per heavy atom. The Kier molecular flexibility index (Phi) is 1.67. The molecule has 2 bridgehead atoms. The lowest BCUT2D eigenvalue weighted by Gasteiger charge is -2.48. The number of aliphatic hydroxyl groups is 1. The van der Waals surface area contributed by atoms with Crippen LogP contribution in [0.4, 0.5) is 0 Å². The van der Waals surface area contributed by atoms with E-state index < -0.39 is 11.7 Å². The third-order valence-electron chi connectivity index (χ3n) is 6.69. The molecule has 3 aliphatic carbocycles. The largest absolute Gasteiger partial charge is 0.459 e. The minimum absolute atomic E-state index is 0.0258. The van der Waals surface area contributed by atoms with Gasteiger partial charge >= 0.3 is 5.97 Å². The smallest absolute Gasteiger partial charge is 0.309 e. The molecule has 2 heterocycles. The van der Waals surface area contributed by atoms with E-state index in [1.54, 1.807) is 0 Å². The van der Waals surface area contributed by atoms with Gasteiger partial charge in [-0.2, -0.15) is 0 Å². The average molecular weight is 264 g/mol. The zero-order valence-corrected chi connectivity index (χ0v) is 11.2. The van der Waals surface area contributed by atoms with E-state index in [4.69, 9.17) is 9.47 Å². The molecule has 2 saturated heterocycles. The van der Waals surface area contributed by atoms with Gasteiger partial charge in [0.2, 0.25) is 0 Å². The van der Waals surface area contributed by atoms with Crippen molar-refractivity contribution in [2.24, 2.45) is 17.3 Å². The van der Waals surface area contributed by atoms with Gasteiger partial charge in [-0.15, -0.1) is 0 Å². The molecule has 0 aromatic rings. The van der Waals surface area contributed by atoms with Gasteiger partial charge in [-0.25, -0.2) is 0 Å². The van der Waals surface area contributed by atoms with E-state index in [1.165, 1.54) is 0 Å². The first kappa shape index (κ1) is 11.1. The molecule has 0 amide bonds. The van der Waals surface area contributed by atoms with E-state index in [0.717, 1.165) is 32.1 Å². The zero-order chi connectivity index (χ0) is 13.0. The van der Waals surface area contributed by atoms with E-state index >= 15 is 0 Å². The fourth-order valence-corrected chi connectivity index (χ4v) is 6.03. The van der Waals surface area contributed by atoms with E-state index in [-0.39, 0.29) is 34.9 Å². The number of rotatable bonds is 0. The summed E-state index contributed by atoms with van der Waals surface area (Å²) in [5, 5.41) is 10.7. The molecule has 19 heavy (non-hydrogen) atoms. The summed E-state index contributed by atoms with van der Waals surface area (Å²) in [5.74, 6) is 0.283. The van der Waals surface area contributed by atoms with Crippen molar-refractivity contribution in [2.45, 2.75) is 68.9 Å². The normalized spacial score (nSPS) is 60.0. The van der Waals surface area contributed by atoms with Crippen LogP contribution < -0.4 is 0 Å². The van der Waals surface area contributed by atoms with Crippen molar-refractivity contribution in [2.75, 3.05) is 0 Å². The van der Waals surface area contributed by atoms with E-state index in [2.05, 4.69) is 0 Å². The summed E-state index contributed by atoms with van der Waals surface area (Å²) in [6.45, 7) is 2.03. The highest BCUT2D eigenvalue weighted by atomic mass is 16.6. The maximum atomic E-state index is 12.3. The molecule has 104 valence electrons. The Balaban J connectivity index is 1.71. The van der Waals surface area contributed by atoms with Crippen LogP contribution in [0.2, 0.25) is 0 Å². The Morgan fingerprint density at radius 2 is 2.11 bits per heavy atom. The van der Waals surface area contributed by atoms with E-state index in [1.807, 2.05) is 6.92 Å². The molecule has 4 nitrogen and oxygen atoms in total. The summed E-state index contributed by atoms with van der Waals surface area (Å²) in [7, 11) is 0. The third kappa shape index (κ3) is 0.993. The molecule has 3 saturated carbocycles. The Labute approximate surface area is 112 Å². The standard InChI is InChI=1S/C15H20O4/c1-13-7-9(16)15-10(18-15)4-2-3-8(12(17)19-13)11(13)14(15)5-6-14/h8-11,16H,2-7H2,1H3/t8-,9+,10-,11?,13+,15-/m1/s1. The van der Waals surface area contributed by atoms with Crippen LogP contribution in [0.5, 0.6) is 0 Å². The number of ether oxygens (including phenoxy) is 2. The Morgan fingerprint density at radius 1 is 1.32 bits per heavy atom. The van der Waals surface area contributed by atoms with Crippen LogP contribution in [-0.2, 0) is 14.3 Å². The first-order chi connectivity index (χ1) is 9.04. The molecule has 0 radical (unpaired) electrons. The number of esters is 1. The molecule has 5 rings (SSSR count). The molecule has 4 heteroatoms. The highest BCUT2D eigenvalue weighted by Gasteiger charge is 2.85. The van der Waals surface area contributed by atoms with Gasteiger partial charge in [0.15, 0.2) is 0 Å². The van der Waals surface area contributed by atoms with Crippen molar-refractivity contribution < 1.29 is 19.4 Å². The van der Waals surface area contributed by atoms with Crippen molar-refractivity contribution in [1.82, 2.24) is 0 Å². The van der Waals surface area contributed by atoms with Crippen LogP contribution in [0.1, 0.15) is 45.4 Å².